The van der Waals surface area contributed by atoms with E-state index < -0.39 is 5.91 Å². The Morgan fingerprint density at radius 3 is 2.85 bits per heavy atom. The number of aromatic nitrogens is 1. The zero-order valence-corrected chi connectivity index (χ0v) is 8.19. The molecule has 0 aliphatic heterocycles. The van der Waals surface area contributed by atoms with E-state index in [0.717, 1.165) is 0 Å². The topological polar surface area (TPSA) is 51.2 Å². The van der Waals surface area contributed by atoms with Gasteiger partial charge in [-0.3, -0.25) is 9.63 Å². The number of hydrogen-bond acceptors (Lipinski definition) is 3. The second-order valence-corrected chi connectivity index (χ2v) is 2.89. The third-order valence-corrected chi connectivity index (χ3v) is 1.74. The van der Waals surface area contributed by atoms with Crippen molar-refractivity contribution in [2.24, 2.45) is 0 Å². The van der Waals surface area contributed by atoms with Gasteiger partial charge in [-0.1, -0.05) is 23.2 Å². The molecule has 1 N–H and O–H groups in total. The van der Waals surface area contributed by atoms with Gasteiger partial charge in [-0.15, -0.1) is 0 Å². The van der Waals surface area contributed by atoms with E-state index in [1.165, 1.54) is 19.2 Å². The van der Waals surface area contributed by atoms with Crippen LogP contribution in [0.4, 0.5) is 0 Å². The lowest BCUT2D eigenvalue weighted by atomic mass is 10.3. The number of carbonyl (C=O) groups is 1. The van der Waals surface area contributed by atoms with Crippen LogP contribution in [0.25, 0.3) is 0 Å². The summed E-state index contributed by atoms with van der Waals surface area (Å²) in [6.07, 6.45) is 0. The molecule has 1 amide bonds. The quantitative estimate of drug-likeness (QED) is 0.610. The van der Waals surface area contributed by atoms with Crippen molar-refractivity contribution >= 4 is 29.1 Å². The van der Waals surface area contributed by atoms with Gasteiger partial charge in [-0.05, 0) is 12.1 Å². The lowest BCUT2D eigenvalue weighted by Gasteiger charge is -2.02. The van der Waals surface area contributed by atoms with Crippen molar-refractivity contribution in [2.75, 3.05) is 7.11 Å². The van der Waals surface area contributed by atoms with Crippen LogP contribution in [-0.4, -0.2) is 18.0 Å². The molecule has 0 saturated carbocycles. The number of nitrogens with one attached hydrogen (secondary N) is 1. The molecule has 0 spiro atoms. The number of rotatable bonds is 2. The number of nitrogens with zero attached hydrogens (tertiary/aromatic N) is 1. The molecule has 0 aliphatic carbocycles. The Labute approximate surface area is 84.8 Å². The van der Waals surface area contributed by atoms with Crippen LogP contribution in [-0.2, 0) is 4.84 Å². The molecule has 0 fully saturated rings. The lowest BCUT2D eigenvalue weighted by molar-refractivity contribution is 0.0532. The first-order chi connectivity index (χ1) is 6.15. The molecule has 1 rings (SSSR count). The molecule has 0 aromatic carbocycles. The van der Waals surface area contributed by atoms with Gasteiger partial charge in [0.15, 0.2) is 5.69 Å². The summed E-state index contributed by atoms with van der Waals surface area (Å²) in [5, 5.41) is 0.421. The van der Waals surface area contributed by atoms with Crippen LogP contribution in [0.2, 0.25) is 10.2 Å². The zero-order chi connectivity index (χ0) is 9.84. The maximum Gasteiger partial charge on any atom is 0.295 e. The number of amides is 1. The number of halogens is 2. The highest BCUT2D eigenvalue weighted by Crippen LogP contribution is 2.16. The standard InChI is InChI=1S/C7H6Cl2N2O2/c1-13-11-7(12)6-4(8)2-3-5(9)10-6/h2-3H,1H3,(H,11,12). The first-order valence-electron chi connectivity index (χ1n) is 3.30. The number of hydrogen-bond donors (Lipinski definition) is 1. The molecule has 1 aromatic heterocycles. The van der Waals surface area contributed by atoms with Crippen LogP contribution in [0.3, 0.4) is 0 Å². The molecule has 0 radical (unpaired) electrons. The van der Waals surface area contributed by atoms with Gasteiger partial charge in [0.2, 0.25) is 0 Å². The van der Waals surface area contributed by atoms with Crippen LogP contribution < -0.4 is 5.48 Å². The average Bonchev–Trinajstić information content (AvgIpc) is 2.09. The van der Waals surface area contributed by atoms with Gasteiger partial charge in [0.05, 0.1) is 12.1 Å². The highest BCUT2D eigenvalue weighted by Gasteiger charge is 2.11. The molecule has 0 atom stereocenters. The lowest BCUT2D eigenvalue weighted by Crippen LogP contribution is -2.23. The van der Waals surface area contributed by atoms with Gasteiger partial charge in [-0.2, -0.15) is 0 Å². The molecule has 13 heavy (non-hydrogen) atoms. The third-order valence-electron chi connectivity index (χ3n) is 1.22. The van der Waals surface area contributed by atoms with Crippen LogP contribution in [0, 0.1) is 0 Å². The van der Waals surface area contributed by atoms with E-state index in [9.17, 15) is 4.79 Å². The van der Waals surface area contributed by atoms with Crippen molar-refractivity contribution in [3.8, 4) is 0 Å². The highest BCUT2D eigenvalue weighted by molar-refractivity contribution is 6.34. The fraction of sp³-hybridized carbons (Fsp3) is 0.143. The Balaban J connectivity index is 2.99. The van der Waals surface area contributed by atoms with Crippen LogP contribution in [0.5, 0.6) is 0 Å². The summed E-state index contributed by atoms with van der Waals surface area (Å²) >= 11 is 11.3. The minimum absolute atomic E-state index is 0.0380. The summed E-state index contributed by atoms with van der Waals surface area (Å²) < 4.78 is 0. The molecule has 0 unspecified atom stereocenters. The molecule has 1 heterocycles. The Morgan fingerprint density at radius 2 is 2.23 bits per heavy atom. The second kappa shape index (κ2) is 4.41. The van der Waals surface area contributed by atoms with E-state index >= 15 is 0 Å². The first kappa shape index (κ1) is 10.2. The normalized spacial score (nSPS) is 9.77. The van der Waals surface area contributed by atoms with Crippen molar-refractivity contribution in [1.29, 1.82) is 0 Å². The fourth-order valence-electron chi connectivity index (χ4n) is 0.719. The van der Waals surface area contributed by atoms with Gasteiger partial charge in [-0.25, -0.2) is 10.5 Å². The maximum absolute atomic E-state index is 11.2. The molecule has 70 valence electrons. The van der Waals surface area contributed by atoms with Gasteiger partial charge in [0.25, 0.3) is 5.91 Å². The first-order valence-corrected chi connectivity index (χ1v) is 4.06. The van der Waals surface area contributed by atoms with Crippen molar-refractivity contribution < 1.29 is 9.63 Å². The fourth-order valence-corrected chi connectivity index (χ4v) is 1.06. The van der Waals surface area contributed by atoms with Crippen molar-refractivity contribution in [2.45, 2.75) is 0 Å². The van der Waals surface area contributed by atoms with Crippen LogP contribution in [0.15, 0.2) is 12.1 Å². The number of pyridine rings is 1. The molecular weight excluding hydrogens is 215 g/mol. The summed E-state index contributed by atoms with van der Waals surface area (Å²) in [5.74, 6) is -0.532. The van der Waals surface area contributed by atoms with Gasteiger partial charge in [0.1, 0.15) is 5.15 Å². The predicted molar refractivity (Wildman–Crippen MR) is 48.7 cm³/mol. The van der Waals surface area contributed by atoms with Crippen molar-refractivity contribution in [1.82, 2.24) is 10.5 Å². The zero-order valence-electron chi connectivity index (χ0n) is 6.67. The van der Waals surface area contributed by atoms with Crippen LogP contribution >= 0.6 is 23.2 Å². The minimum Gasteiger partial charge on any atom is -0.277 e. The average molecular weight is 221 g/mol. The predicted octanol–water partition coefficient (Wildman–Crippen LogP) is 1.68. The minimum atomic E-state index is -0.532. The van der Waals surface area contributed by atoms with Crippen molar-refractivity contribution in [3.05, 3.63) is 28.0 Å². The molecule has 0 saturated heterocycles. The highest BCUT2D eigenvalue weighted by atomic mass is 35.5. The Hall–Kier alpha value is -0.840. The summed E-state index contributed by atoms with van der Waals surface area (Å²) in [6.45, 7) is 0. The number of carbonyl (C=O) groups excluding carboxylic acids is 1. The summed E-state index contributed by atoms with van der Waals surface area (Å²) in [7, 11) is 1.32. The van der Waals surface area contributed by atoms with E-state index in [-0.39, 0.29) is 15.9 Å². The number of hydroxylamine groups is 1. The Morgan fingerprint density at radius 1 is 1.54 bits per heavy atom. The summed E-state index contributed by atoms with van der Waals surface area (Å²) in [5.41, 5.74) is 2.12. The summed E-state index contributed by atoms with van der Waals surface area (Å²) in [4.78, 5) is 19.3. The Kier molecular flexibility index (Phi) is 3.48. The molecular formula is C7H6Cl2N2O2. The van der Waals surface area contributed by atoms with E-state index in [1.807, 2.05) is 0 Å². The van der Waals surface area contributed by atoms with Crippen LogP contribution in [0.1, 0.15) is 10.5 Å². The molecule has 0 bridgehead atoms. The van der Waals surface area contributed by atoms with E-state index in [4.69, 9.17) is 23.2 Å². The SMILES string of the molecule is CONC(=O)c1nc(Cl)ccc1Cl. The monoisotopic (exact) mass is 220 g/mol. The molecule has 6 heteroatoms. The largest absolute Gasteiger partial charge is 0.295 e. The second-order valence-electron chi connectivity index (χ2n) is 2.10. The van der Waals surface area contributed by atoms with E-state index in [2.05, 4.69) is 15.3 Å². The van der Waals surface area contributed by atoms with E-state index in [1.54, 1.807) is 0 Å². The van der Waals surface area contributed by atoms with Gasteiger partial charge < -0.3 is 0 Å². The molecule has 0 aliphatic rings. The molecule has 4 nitrogen and oxygen atoms in total. The third kappa shape index (κ3) is 2.55. The van der Waals surface area contributed by atoms with Gasteiger partial charge >= 0.3 is 0 Å². The Bertz CT molecular complexity index is 330. The van der Waals surface area contributed by atoms with Crippen molar-refractivity contribution in [3.63, 3.8) is 0 Å². The molecule has 1 aromatic rings. The van der Waals surface area contributed by atoms with E-state index in [0.29, 0.717) is 0 Å². The van der Waals surface area contributed by atoms with Gasteiger partial charge in [0, 0.05) is 0 Å². The summed E-state index contributed by atoms with van der Waals surface area (Å²) in [6, 6.07) is 2.98. The smallest absolute Gasteiger partial charge is 0.277 e. The maximum atomic E-state index is 11.2.